The molecule has 1 aliphatic rings. The SMILES string of the molecule is Cc1ccc(C(=O)NC2CC=CCC2)c(F)c1. The number of benzene rings is 1. The molecule has 1 aromatic carbocycles. The van der Waals surface area contributed by atoms with E-state index in [1.807, 2.05) is 0 Å². The Labute approximate surface area is 101 Å². The second-order valence-electron chi connectivity index (χ2n) is 4.44. The molecular formula is C14H16FNO. The van der Waals surface area contributed by atoms with Crippen LogP contribution in [0.25, 0.3) is 0 Å². The normalized spacial score (nSPS) is 19.1. The zero-order chi connectivity index (χ0) is 12.3. The van der Waals surface area contributed by atoms with Crippen LogP contribution in [0, 0.1) is 12.7 Å². The highest BCUT2D eigenvalue weighted by molar-refractivity contribution is 5.94. The molecule has 17 heavy (non-hydrogen) atoms. The van der Waals surface area contributed by atoms with Crippen LogP contribution in [0.5, 0.6) is 0 Å². The van der Waals surface area contributed by atoms with Gasteiger partial charge in [0.15, 0.2) is 0 Å². The molecule has 0 bridgehead atoms. The standard InChI is InChI=1S/C14H16FNO/c1-10-7-8-12(13(15)9-10)14(17)16-11-5-3-2-4-6-11/h2-3,7-9,11H,4-6H2,1H3,(H,16,17). The summed E-state index contributed by atoms with van der Waals surface area (Å²) in [5.74, 6) is -0.767. The Kier molecular flexibility index (Phi) is 3.57. The first-order valence-electron chi connectivity index (χ1n) is 5.89. The van der Waals surface area contributed by atoms with E-state index >= 15 is 0 Å². The average molecular weight is 233 g/mol. The second-order valence-corrected chi connectivity index (χ2v) is 4.44. The van der Waals surface area contributed by atoms with E-state index < -0.39 is 5.82 Å². The van der Waals surface area contributed by atoms with Gasteiger partial charge in [0.05, 0.1) is 5.56 Å². The molecule has 0 spiro atoms. The number of allylic oxidation sites excluding steroid dienone is 1. The second kappa shape index (κ2) is 5.13. The van der Waals surface area contributed by atoms with E-state index in [0.29, 0.717) is 0 Å². The van der Waals surface area contributed by atoms with Gasteiger partial charge in [-0.2, -0.15) is 0 Å². The van der Waals surface area contributed by atoms with Crippen LogP contribution in [0.3, 0.4) is 0 Å². The van der Waals surface area contributed by atoms with Crippen LogP contribution in [0.1, 0.15) is 35.2 Å². The number of hydrogen-bond acceptors (Lipinski definition) is 1. The highest BCUT2D eigenvalue weighted by atomic mass is 19.1. The van der Waals surface area contributed by atoms with Crippen molar-refractivity contribution in [2.75, 3.05) is 0 Å². The molecular weight excluding hydrogens is 217 g/mol. The van der Waals surface area contributed by atoms with Gasteiger partial charge in [-0.25, -0.2) is 4.39 Å². The molecule has 90 valence electrons. The van der Waals surface area contributed by atoms with Gasteiger partial charge < -0.3 is 5.32 Å². The van der Waals surface area contributed by atoms with Crippen LogP contribution in [0.2, 0.25) is 0 Å². The Morgan fingerprint density at radius 2 is 2.24 bits per heavy atom. The molecule has 2 rings (SSSR count). The topological polar surface area (TPSA) is 29.1 Å². The summed E-state index contributed by atoms with van der Waals surface area (Å²) in [6.07, 6.45) is 6.89. The van der Waals surface area contributed by atoms with Crippen molar-refractivity contribution in [2.45, 2.75) is 32.2 Å². The van der Waals surface area contributed by atoms with Gasteiger partial charge >= 0.3 is 0 Å². The lowest BCUT2D eigenvalue weighted by Gasteiger charge is -2.19. The molecule has 1 amide bonds. The van der Waals surface area contributed by atoms with Crippen molar-refractivity contribution >= 4 is 5.91 Å². The van der Waals surface area contributed by atoms with Crippen molar-refractivity contribution in [2.24, 2.45) is 0 Å². The Balaban J connectivity index is 2.06. The number of hydrogen-bond donors (Lipinski definition) is 1. The lowest BCUT2D eigenvalue weighted by Crippen LogP contribution is -2.35. The molecule has 0 heterocycles. The van der Waals surface area contributed by atoms with Crippen molar-refractivity contribution in [1.82, 2.24) is 5.32 Å². The van der Waals surface area contributed by atoms with E-state index in [1.165, 1.54) is 6.07 Å². The van der Waals surface area contributed by atoms with Crippen LogP contribution < -0.4 is 5.32 Å². The van der Waals surface area contributed by atoms with Gasteiger partial charge in [-0.1, -0.05) is 18.2 Å². The molecule has 0 aliphatic heterocycles. The number of amides is 1. The summed E-state index contributed by atoms with van der Waals surface area (Å²) < 4.78 is 13.6. The maximum Gasteiger partial charge on any atom is 0.254 e. The van der Waals surface area contributed by atoms with E-state index in [0.717, 1.165) is 24.8 Å². The predicted molar refractivity (Wildman–Crippen MR) is 65.4 cm³/mol. The van der Waals surface area contributed by atoms with E-state index in [1.54, 1.807) is 19.1 Å². The fraction of sp³-hybridized carbons (Fsp3) is 0.357. The van der Waals surface area contributed by atoms with Crippen LogP contribution in [-0.4, -0.2) is 11.9 Å². The van der Waals surface area contributed by atoms with Gasteiger partial charge in [0.1, 0.15) is 5.82 Å². The molecule has 1 aromatic rings. The molecule has 0 fully saturated rings. The van der Waals surface area contributed by atoms with Gasteiger partial charge in [-0.3, -0.25) is 4.79 Å². The number of rotatable bonds is 2. The van der Waals surface area contributed by atoms with Gasteiger partial charge in [-0.15, -0.1) is 0 Å². The molecule has 1 atom stereocenters. The van der Waals surface area contributed by atoms with Crippen LogP contribution in [0.15, 0.2) is 30.4 Å². The van der Waals surface area contributed by atoms with Crippen molar-refractivity contribution in [3.63, 3.8) is 0 Å². The fourth-order valence-corrected chi connectivity index (χ4v) is 1.99. The third-order valence-electron chi connectivity index (χ3n) is 2.97. The monoisotopic (exact) mass is 233 g/mol. The highest BCUT2D eigenvalue weighted by Crippen LogP contribution is 2.13. The molecule has 0 saturated heterocycles. The maximum atomic E-state index is 13.6. The van der Waals surface area contributed by atoms with Gasteiger partial charge in [0, 0.05) is 6.04 Å². The number of nitrogens with one attached hydrogen (secondary N) is 1. The Morgan fingerprint density at radius 3 is 2.88 bits per heavy atom. The van der Waals surface area contributed by atoms with E-state index in [-0.39, 0.29) is 17.5 Å². The van der Waals surface area contributed by atoms with E-state index in [4.69, 9.17) is 0 Å². The maximum absolute atomic E-state index is 13.6. The minimum absolute atomic E-state index is 0.130. The fourth-order valence-electron chi connectivity index (χ4n) is 1.99. The van der Waals surface area contributed by atoms with Gasteiger partial charge in [0.25, 0.3) is 5.91 Å². The quantitative estimate of drug-likeness (QED) is 0.782. The number of carbonyl (C=O) groups excluding carboxylic acids is 1. The third kappa shape index (κ3) is 2.93. The first-order valence-corrected chi connectivity index (χ1v) is 5.89. The Morgan fingerprint density at radius 1 is 1.41 bits per heavy atom. The van der Waals surface area contributed by atoms with E-state index in [9.17, 15) is 9.18 Å². The van der Waals surface area contributed by atoms with Crippen LogP contribution in [0.4, 0.5) is 4.39 Å². The van der Waals surface area contributed by atoms with Crippen LogP contribution in [-0.2, 0) is 0 Å². The minimum atomic E-state index is -0.450. The lowest BCUT2D eigenvalue weighted by atomic mass is 10.0. The molecule has 1 unspecified atom stereocenters. The number of carbonyl (C=O) groups is 1. The largest absolute Gasteiger partial charge is 0.349 e. The summed E-state index contributed by atoms with van der Waals surface area (Å²) in [6.45, 7) is 1.80. The zero-order valence-corrected chi connectivity index (χ0v) is 9.87. The summed E-state index contributed by atoms with van der Waals surface area (Å²) in [7, 11) is 0. The van der Waals surface area contributed by atoms with Gasteiger partial charge in [-0.05, 0) is 43.9 Å². The van der Waals surface area contributed by atoms with Crippen molar-refractivity contribution in [1.29, 1.82) is 0 Å². The molecule has 0 saturated carbocycles. The Bertz CT molecular complexity index is 454. The third-order valence-corrected chi connectivity index (χ3v) is 2.97. The first-order chi connectivity index (χ1) is 8.16. The summed E-state index contributed by atoms with van der Waals surface area (Å²) in [4.78, 5) is 11.9. The van der Waals surface area contributed by atoms with Crippen molar-refractivity contribution in [3.8, 4) is 0 Å². The van der Waals surface area contributed by atoms with E-state index in [2.05, 4.69) is 17.5 Å². The molecule has 2 nitrogen and oxygen atoms in total. The average Bonchev–Trinajstić information content (AvgIpc) is 2.30. The zero-order valence-electron chi connectivity index (χ0n) is 9.87. The number of halogens is 1. The minimum Gasteiger partial charge on any atom is -0.349 e. The lowest BCUT2D eigenvalue weighted by molar-refractivity contribution is 0.0930. The molecule has 1 N–H and O–H groups in total. The van der Waals surface area contributed by atoms with Crippen molar-refractivity contribution < 1.29 is 9.18 Å². The first kappa shape index (κ1) is 11.8. The highest BCUT2D eigenvalue weighted by Gasteiger charge is 2.16. The molecule has 0 radical (unpaired) electrons. The summed E-state index contributed by atoms with van der Waals surface area (Å²) >= 11 is 0. The summed E-state index contributed by atoms with van der Waals surface area (Å²) in [6, 6.07) is 4.81. The number of aryl methyl sites for hydroxylation is 1. The van der Waals surface area contributed by atoms with Crippen molar-refractivity contribution in [3.05, 3.63) is 47.3 Å². The van der Waals surface area contributed by atoms with Crippen LogP contribution >= 0.6 is 0 Å². The van der Waals surface area contributed by atoms with Gasteiger partial charge in [0.2, 0.25) is 0 Å². The smallest absolute Gasteiger partial charge is 0.254 e. The molecule has 0 aromatic heterocycles. The predicted octanol–water partition coefficient (Wildman–Crippen LogP) is 2.97. The summed E-state index contributed by atoms with van der Waals surface area (Å²) in [5.41, 5.74) is 0.949. The molecule has 1 aliphatic carbocycles. The summed E-state index contributed by atoms with van der Waals surface area (Å²) in [5, 5.41) is 2.87. The Hall–Kier alpha value is -1.64. The molecule has 3 heteroatoms.